The Morgan fingerprint density at radius 3 is 2.45 bits per heavy atom. The van der Waals surface area contributed by atoms with Gasteiger partial charge in [-0.05, 0) is 30.7 Å². The van der Waals surface area contributed by atoms with E-state index in [1.807, 2.05) is 6.07 Å². The van der Waals surface area contributed by atoms with Crippen molar-refractivity contribution < 1.29 is 13.2 Å². The molecular weight excluding hydrogens is 406 g/mol. The molecule has 1 fully saturated rings. The number of hydrogen-bond donors (Lipinski definition) is 0. The van der Waals surface area contributed by atoms with Crippen LogP contribution in [0.25, 0.3) is 10.2 Å². The second kappa shape index (κ2) is 8.12. The van der Waals surface area contributed by atoms with E-state index in [9.17, 15) is 13.2 Å². The first-order chi connectivity index (χ1) is 13.9. The second-order valence-electron chi connectivity index (χ2n) is 7.17. The Morgan fingerprint density at radius 2 is 1.76 bits per heavy atom. The van der Waals surface area contributed by atoms with Gasteiger partial charge in [0.25, 0.3) is 0 Å². The topological polar surface area (TPSA) is 70.6 Å². The first kappa shape index (κ1) is 19.8. The molecule has 0 saturated carbocycles. The number of piperazine rings is 1. The van der Waals surface area contributed by atoms with Gasteiger partial charge in [-0.25, -0.2) is 13.4 Å². The molecule has 1 saturated heterocycles. The van der Waals surface area contributed by atoms with Crippen molar-refractivity contribution in [1.82, 2.24) is 9.88 Å². The zero-order valence-electron chi connectivity index (χ0n) is 16.2. The molecule has 1 aromatic heterocycles. The summed E-state index contributed by atoms with van der Waals surface area (Å²) in [5, 5.41) is 0.980. The summed E-state index contributed by atoms with van der Waals surface area (Å²) in [4.78, 5) is 21.5. The van der Waals surface area contributed by atoms with Gasteiger partial charge in [-0.15, -0.1) is 0 Å². The predicted octanol–water partition coefficient (Wildman–Crippen LogP) is 3.12. The van der Waals surface area contributed by atoms with Crippen LogP contribution in [-0.4, -0.2) is 56.1 Å². The number of aryl methyl sites for hydroxylation is 1. The Bertz CT molecular complexity index is 1120. The number of nitrogens with zero attached hydrogens (tertiary/aromatic N) is 3. The van der Waals surface area contributed by atoms with E-state index < -0.39 is 9.84 Å². The average molecular weight is 430 g/mol. The number of rotatable bonds is 5. The van der Waals surface area contributed by atoms with Gasteiger partial charge in [0.05, 0.1) is 20.9 Å². The average Bonchev–Trinajstić information content (AvgIpc) is 3.19. The molecule has 0 N–H and O–H groups in total. The predicted molar refractivity (Wildman–Crippen MR) is 116 cm³/mol. The molecule has 4 rings (SSSR count). The second-order valence-corrected chi connectivity index (χ2v) is 10.3. The number of anilines is 1. The van der Waals surface area contributed by atoms with Crippen LogP contribution in [0.4, 0.5) is 5.13 Å². The van der Waals surface area contributed by atoms with E-state index in [1.54, 1.807) is 46.6 Å². The van der Waals surface area contributed by atoms with Crippen molar-refractivity contribution in [2.45, 2.75) is 18.2 Å². The van der Waals surface area contributed by atoms with E-state index in [0.717, 1.165) is 10.6 Å². The van der Waals surface area contributed by atoms with E-state index in [0.29, 0.717) is 26.2 Å². The van der Waals surface area contributed by atoms with Crippen molar-refractivity contribution in [3.05, 3.63) is 54.1 Å². The number of aromatic nitrogens is 1. The van der Waals surface area contributed by atoms with Crippen LogP contribution in [0.2, 0.25) is 0 Å². The van der Waals surface area contributed by atoms with Gasteiger partial charge < -0.3 is 9.80 Å². The number of hydrogen-bond acceptors (Lipinski definition) is 6. The van der Waals surface area contributed by atoms with Gasteiger partial charge in [0.15, 0.2) is 15.0 Å². The highest BCUT2D eigenvalue weighted by atomic mass is 32.2. The molecule has 1 amide bonds. The lowest BCUT2D eigenvalue weighted by atomic mass is 10.2. The minimum absolute atomic E-state index is 0.0115. The van der Waals surface area contributed by atoms with Gasteiger partial charge in [0.1, 0.15) is 0 Å². The van der Waals surface area contributed by atoms with E-state index in [4.69, 9.17) is 4.98 Å². The first-order valence-electron chi connectivity index (χ1n) is 9.61. The van der Waals surface area contributed by atoms with Gasteiger partial charge in [-0.3, -0.25) is 4.79 Å². The van der Waals surface area contributed by atoms with Crippen LogP contribution in [0.5, 0.6) is 0 Å². The number of sulfone groups is 1. The van der Waals surface area contributed by atoms with Crippen molar-refractivity contribution in [3.8, 4) is 0 Å². The molecule has 2 heterocycles. The summed E-state index contributed by atoms with van der Waals surface area (Å²) in [7, 11) is -3.43. The van der Waals surface area contributed by atoms with Crippen molar-refractivity contribution >= 4 is 42.4 Å². The first-order valence-corrected chi connectivity index (χ1v) is 12.1. The maximum Gasteiger partial charge on any atom is 0.223 e. The van der Waals surface area contributed by atoms with Gasteiger partial charge in [-0.1, -0.05) is 41.7 Å². The summed E-state index contributed by atoms with van der Waals surface area (Å²) in [6.45, 7) is 4.64. The summed E-state index contributed by atoms with van der Waals surface area (Å²) in [5.41, 5.74) is 2.20. The van der Waals surface area contributed by atoms with Crippen LogP contribution in [0.1, 0.15) is 12.0 Å². The lowest BCUT2D eigenvalue weighted by Gasteiger charge is -2.34. The SMILES string of the molecule is Cc1cccc2sc(N3CCN(C(=O)CCS(=O)(=O)c4ccccc4)CC3)nc12. The van der Waals surface area contributed by atoms with Crippen LogP contribution in [0.3, 0.4) is 0 Å². The summed E-state index contributed by atoms with van der Waals surface area (Å²) in [6.07, 6.45) is 0.0115. The van der Waals surface area contributed by atoms with E-state index >= 15 is 0 Å². The molecule has 0 radical (unpaired) electrons. The quantitative estimate of drug-likeness (QED) is 0.623. The molecule has 29 heavy (non-hydrogen) atoms. The highest BCUT2D eigenvalue weighted by Crippen LogP contribution is 2.31. The lowest BCUT2D eigenvalue weighted by molar-refractivity contribution is -0.131. The Hall–Kier alpha value is -2.45. The third-order valence-corrected chi connectivity index (χ3v) is 8.01. The molecule has 0 aliphatic carbocycles. The monoisotopic (exact) mass is 429 g/mol. The van der Waals surface area contributed by atoms with E-state index in [2.05, 4.69) is 24.0 Å². The fraction of sp³-hybridized carbons (Fsp3) is 0.333. The van der Waals surface area contributed by atoms with Gasteiger partial charge >= 0.3 is 0 Å². The van der Waals surface area contributed by atoms with Gasteiger partial charge in [0.2, 0.25) is 5.91 Å². The number of para-hydroxylation sites is 1. The summed E-state index contributed by atoms with van der Waals surface area (Å²) in [6, 6.07) is 14.5. The Kier molecular flexibility index (Phi) is 5.56. The summed E-state index contributed by atoms with van der Waals surface area (Å²) >= 11 is 1.67. The fourth-order valence-electron chi connectivity index (χ4n) is 3.48. The number of thiazole rings is 1. The Morgan fingerprint density at radius 1 is 1.03 bits per heavy atom. The zero-order valence-corrected chi connectivity index (χ0v) is 17.9. The largest absolute Gasteiger partial charge is 0.345 e. The highest BCUT2D eigenvalue weighted by Gasteiger charge is 2.25. The molecule has 8 heteroatoms. The number of amides is 1. The standard InChI is InChI=1S/C21H23N3O3S2/c1-16-6-5-9-18-20(16)22-21(28-18)24-13-11-23(12-14-24)19(25)10-15-29(26,27)17-7-3-2-4-8-17/h2-9H,10-15H2,1H3. The molecular formula is C21H23N3O3S2. The van der Waals surface area contributed by atoms with Crippen molar-refractivity contribution in [2.75, 3.05) is 36.8 Å². The van der Waals surface area contributed by atoms with Crippen molar-refractivity contribution in [2.24, 2.45) is 0 Å². The number of fused-ring (bicyclic) bond motifs is 1. The van der Waals surface area contributed by atoms with Crippen LogP contribution in [-0.2, 0) is 14.6 Å². The Balaban J connectivity index is 1.34. The minimum atomic E-state index is -3.43. The normalized spacial score (nSPS) is 15.1. The Labute approximate surface area is 174 Å². The number of carbonyl (C=O) groups excluding carboxylic acids is 1. The lowest BCUT2D eigenvalue weighted by Crippen LogP contribution is -2.49. The van der Waals surface area contributed by atoms with Crippen molar-refractivity contribution in [3.63, 3.8) is 0 Å². The van der Waals surface area contributed by atoms with E-state index in [1.165, 1.54) is 10.3 Å². The van der Waals surface area contributed by atoms with Crippen LogP contribution < -0.4 is 4.90 Å². The molecule has 1 aliphatic heterocycles. The summed E-state index contributed by atoms with van der Waals surface area (Å²) in [5.74, 6) is -0.267. The number of carbonyl (C=O) groups is 1. The molecule has 0 bridgehead atoms. The molecule has 0 spiro atoms. The highest BCUT2D eigenvalue weighted by molar-refractivity contribution is 7.91. The van der Waals surface area contributed by atoms with Gasteiger partial charge in [0, 0.05) is 32.6 Å². The smallest absolute Gasteiger partial charge is 0.223 e. The zero-order chi connectivity index (χ0) is 20.4. The van der Waals surface area contributed by atoms with Gasteiger partial charge in [-0.2, -0.15) is 0 Å². The molecule has 2 aromatic carbocycles. The van der Waals surface area contributed by atoms with Crippen LogP contribution in [0, 0.1) is 6.92 Å². The number of benzene rings is 2. The molecule has 0 atom stereocenters. The van der Waals surface area contributed by atoms with Crippen molar-refractivity contribution in [1.29, 1.82) is 0 Å². The third kappa shape index (κ3) is 4.28. The molecule has 152 valence electrons. The maximum absolute atomic E-state index is 12.5. The van der Waals surface area contributed by atoms with Crippen LogP contribution in [0.15, 0.2) is 53.4 Å². The fourth-order valence-corrected chi connectivity index (χ4v) is 5.83. The molecule has 1 aliphatic rings. The molecule has 0 unspecified atom stereocenters. The third-order valence-electron chi connectivity index (χ3n) is 5.20. The molecule has 3 aromatic rings. The minimum Gasteiger partial charge on any atom is -0.345 e. The molecule has 6 nitrogen and oxygen atoms in total. The summed E-state index contributed by atoms with van der Waals surface area (Å²) < 4.78 is 25.9. The maximum atomic E-state index is 12.5. The van der Waals surface area contributed by atoms with E-state index in [-0.39, 0.29) is 23.0 Å². The van der Waals surface area contributed by atoms with Crippen LogP contribution >= 0.6 is 11.3 Å².